The lowest BCUT2D eigenvalue weighted by Crippen LogP contribution is -2.33. The van der Waals surface area contributed by atoms with E-state index in [1.807, 2.05) is 0 Å². The van der Waals surface area contributed by atoms with Crippen LogP contribution in [0.3, 0.4) is 0 Å². The minimum absolute atomic E-state index is 0.0840. The monoisotopic (exact) mass is 252 g/mol. The van der Waals surface area contributed by atoms with Crippen LogP contribution in [0.25, 0.3) is 0 Å². The van der Waals surface area contributed by atoms with Crippen LogP contribution in [-0.4, -0.2) is 23.8 Å². The molecule has 1 aromatic carbocycles. The number of hydrogen-bond donors (Lipinski definition) is 1. The highest BCUT2D eigenvalue weighted by Gasteiger charge is 2.29. The summed E-state index contributed by atoms with van der Waals surface area (Å²) in [5, 5.41) is 8.81. The molecule has 0 fully saturated rings. The Hall–Kier alpha value is -1.23. The number of ketones is 1. The lowest BCUT2D eigenvalue weighted by Gasteiger charge is -2.23. The van der Waals surface area contributed by atoms with E-state index in [1.165, 1.54) is 7.11 Å². The smallest absolute Gasteiger partial charge is 0.194 e. The van der Waals surface area contributed by atoms with Crippen molar-refractivity contribution >= 4 is 5.78 Å². The lowest BCUT2D eigenvalue weighted by atomic mass is 9.92. The summed E-state index contributed by atoms with van der Waals surface area (Å²) in [7, 11) is 1.51. The molecule has 1 rings (SSSR count). The highest BCUT2D eigenvalue weighted by Crippen LogP contribution is 2.25. The molecule has 0 unspecified atom stereocenters. The molecule has 18 heavy (non-hydrogen) atoms. The molecular formula is C14H20O4. The molecule has 0 aliphatic rings. The molecule has 0 amide bonds. The fourth-order valence-corrected chi connectivity index (χ4v) is 1.52. The number of hydrogen-bond acceptors (Lipinski definition) is 4. The van der Waals surface area contributed by atoms with Gasteiger partial charge in [0, 0.05) is 12.7 Å². The van der Waals surface area contributed by atoms with Crippen LogP contribution in [-0.2, 0) is 15.2 Å². The number of ether oxygens (including phenoxy) is 1. The summed E-state index contributed by atoms with van der Waals surface area (Å²) >= 11 is 0. The Morgan fingerprint density at radius 3 is 2.00 bits per heavy atom. The van der Waals surface area contributed by atoms with Crippen molar-refractivity contribution in [3.8, 4) is 0 Å². The third-order valence-electron chi connectivity index (χ3n) is 3.13. The molecule has 0 aromatic heterocycles. The van der Waals surface area contributed by atoms with Gasteiger partial charge in [-0.1, -0.05) is 24.3 Å². The molecule has 0 saturated carbocycles. The zero-order valence-corrected chi connectivity index (χ0v) is 11.5. The third kappa shape index (κ3) is 2.96. The van der Waals surface area contributed by atoms with Gasteiger partial charge in [-0.3, -0.25) is 10.1 Å². The van der Waals surface area contributed by atoms with Gasteiger partial charge in [-0.15, -0.1) is 0 Å². The van der Waals surface area contributed by atoms with Crippen LogP contribution in [0.15, 0.2) is 24.3 Å². The Kier molecular flexibility index (Phi) is 4.27. The molecule has 4 heteroatoms. The van der Waals surface area contributed by atoms with Crippen LogP contribution in [0.2, 0.25) is 0 Å². The van der Waals surface area contributed by atoms with E-state index in [9.17, 15) is 4.79 Å². The van der Waals surface area contributed by atoms with Crippen molar-refractivity contribution in [3.63, 3.8) is 0 Å². The van der Waals surface area contributed by atoms with E-state index in [4.69, 9.17) is 9.99 Å². The third-order valence-corrected chi connectivity index (χ3v) is 3.13. The van der Waals surface area contributed by atoms with Crippen LogP contribution in [0.1, 0.15) is 43.6 Å². The molecule has 0 spiro atoms. The molecule has 0 aliphatic carbocycles. The predicted octanol–water partition coefficient (Wildman–Crippen LogP) is 3.02. The number of rotatable bonds is 5. The second kappa shape index (κ2) is 5.18. The highest BCUT2D eigenvalue weighted by atomic mass is 17.1. The number of methoxy groups -OCH3 is 1. The quantitative estimate of drug-likeness (QED) is 0.497. The number of carbonyl (C=O) groups excluding carboxylic acids is 1. The minimum Gasteiger partial charge on any atom is -0.371 e. The number of carbonyl (C=O) groups is 1. The van der Waals surface area contributed by atoms with Crippen molar-refractivity contribution in [2.75, 3.05) is 7.11 Å². The maximum absolute atomic E-state index is 12.1. The van der Waals surface area contributed by atoms with Gasteiger partial charge in [0.25, 0.3) is 0 Å². The lowest BCUT2D eigenvalue weighted by molar-refractivity contribution is -0.318. The van der Waals surface area contributed by atoms with Gasteiger partial charge in [0.1, 0.15) is 11.2 Å². The first-order valence-electron chi connectivity index (χ1n) is 5.77. The largest absolute Gasteiger partial charge is 0.371 e. The van der Waals surface area contributed by atoms with Gasteiger partial charge in [0.2, 0.25) is 0 Å². The maximum atomic E-state index is 12.1. The van der Waals surface area contributed by atoms with Crippen LogP contribution in [0.4, 0.5) is 0 Å². The molecule has 0 radical (unpaired) electrons. The van der Waals surface area contributed by atoms with Crippen molar-refractivity contribution in [2.45, 2.75) is 38.9 Å². The topological polar surface area (TPSA) is 55.8 Å². The minimum atomic E-state index is -0.843. The van der Waals surface area contributed by atoms with Gasteiger partial charge >= 0.3 is 0 Å². The van der Waals surface area contributed by atoms with Crippen LogP contribution < -0.4 is 0 Å². The second-order valence-corrected chi connectivity index (χ2v) is 5.22. The SMILES string of the molecule is COC(C)(C)C(=O)c1ccc(C(C)(C)OO)cc1. The second-order valence-electron chi connectivity index (χ2n) is 5.22. The first-order chi connectivity index (χ1) is 8.24. The van der Waals surface area contributed by atoms with Gasteiger partial charge in [0.15, 0.2) is 5.78 Å². The molecule has 100 valence electrons. The number of benzene rings is 1. The van der Waals surface area contributed by atoms with E-state index in [0.29, 0.717) is 5.56 Å². The molecule has 0 heterocycles. The zero-order chi connectivity index (χ0) is 14.0. The van der Waals surface area contributed by atoms with Crippen LogP contribution in [0.5, 0.6) is 0 Å². The van der Waals surface area contributed by atoms with E-state index >= 15 is 0 Å². The van der Waals surface area contributed by atoms with Crippen molar-refractivity contribution in [1.82, 2.24) is 0 Å². The Labute approximate surface area is 107 Å². The van der Waals surface area contributed by atoms with Crippen molar-refractivity contribution in [1.29, 1.82) is 0 Å². The fraction of sp³-hybridized carbons (Fsp3) is 0.500. The van der Waals surface area contributed by atoms with Gasteiger partial charge in [-0.2, -0.15) is 0 Å². The summed E-state index contributed by atoms with van der Waals surface area (Å²) in [6.45, 7) is 6.93. The summed E-state index contributed by atoms with van der Waals surface area (Å²) in [6, 6.07) is 6.93. The van der Waals surface area contributed by atoms with Gasteiger partial charge in [0.05, 0.1) is 0 Å². The summed E-state index contributed by atoms with van der Waals surface area (Å²) in [5.74, 6) is -0.0840. The predicted molar refractivity (Wildman–Crippen MR) is 68.6 cm³/mol. The molecule has 4 nitrogen and oxygen atoms in total. The van der Waals surface area contributed by atoms with Gasteiger partial charge in [-0.05, 0) is 33.3 Å². The molecule has 0 aliphatic heterocycles. The normalized spacial score (nSPS) is 12.6. The Morgan fingerprint density at radius 2 is 1.61 bits per heavy atom. The van der Waals surface area contributed by atoms with Crippen LogP contribution >= 0.6 is 0 Å². The molecular weight excluding hydrogens is 232 g/mol. The molecule has 1 aromatic rings. The van der Waals surface area contributed by atoms with E-state index in [1.54, 1.807) is 52.0 Å². The summed E-state index contributed by atoms with van der Waals surface area (Å²) in [4.78, 5) is 16.5. The fourth-order valence-electron chi connectivity index (χ4n) is 1.52. The Balaban J connectivity index is 3.01. The van der Waals surface area contributed by atoms with E-state index < -0.39 is 11.2 Å². The van der Waals surface area contributed by atoms with Gasteiger partial charge < -0.3 is 4.74 Å². The van der Waals surface area contributed by atoms with Crippen molar-refractivity contribution in [2.24, 2.45) is 0 Å². The van der Waals surface area contributed by atoms with Crippen molar-refractivity contribution < 1.29 is 19.7 Å². The standard InChI is InChI=1S/C14H20O4/c1-13(2,18-16)11-8-6-10(7-9-11)12(15)14(3,4)17-5/h6-9,16H,1-5H3. The summed E-state index contributed by atoms with van der Waals surface area (Å²) in [5.41, 5.74) is -0.279. The highest BCUT2D eigenvalue weighted by molar-refractivity contribution is 6.01. The first-order valence-corrected chi connectivity index (χ1v) is 5.77. The molecule has 0 saturated heterocycles. The number of Topliss-reactive ketones (excluding diaryl/α,β-unsaturated/α-hetero) is 1. The van der Waals surface area contributed by atoms with Crippen molar-refractivity contribution in [3.05, 3.63) is 35.4 Å². The average molecular weight is 252 g/mol. The van der Waals surface area contributed by atoms with Gasteiger partial charge in [-0.25, -0.2) is 4.89 Å². The molecule has 0 bridgehead atoms. The zero-order valence-electron chi connectivity index (χ0n) is 11.5. The Morgan fingerprint density at radius 1 is 1.11 bits per heavy atom. The van der Waals surface area contributed by atoms with E-state index in [0.717, 1.165) is 5.56 Å². The first kappa shape index (κ1) is 14.8. The Bertz CT molecular complexity index is 418. The van der Waals surface area contributed by atoms with E-state index in [2.05, 4.69) is 4.89 Å². The summed E-state index contributed by atoms with van der Waals surface area (Å²) < 4.78 is 5.16. The molecule has 1 N–H and O–H groups in total. The van der Waals surface area contributed by atoms with Crippen LogP contribution in [0, 0.1) is 0 Å². The molecule has 0 atom stereocenters. The maximum Gasteiger partial charge on any atom is 0.194 e. The van der Waals surface area contributed by atoms with E-state index in [-0.39, 0.29) is 5.78 Å². The average Bonchev–Trinajstić information content (AvgIpc) is 2.38. The summed E-state index contributed by atoms with van der Waals surface area (Å²) in [6.07, 6.45) is 0.